The predicted molar refractivity (Wildman–Crippen MR) is 47.3 cm³/mol. The van der Waals surface area contributed by atoms with Gasteiger partial charge < -0.3 is 9.30 Å². The molecule has 64 valence electrons. The monoisotopic (exact) mass is 183 g/mol. The van der Waals surface area contributed by atoms with Crippen LogP contribution >= 0.6 is 12.2 Å². The van der Waals surface area contributed by atoms with Crippen LogP contribution in [-0.2, 0) is 16.1 Å². The van der Waals surface area contributed by atoms with Gasteiger partial charge in [-0.3, -0.25) is 4.79 Å². The van der Waals surface area contributed by atoms with Gasteiger partial charge in [0.1, 0.15) is 11.2 Å². The summed E-state index contributed by atoms with van der Waals surface area (Å²) in [5, 5.41) is 0. The maximum Gasteiger partial charge on any atom is 0.325 e. The van der Waals surface area contributed by atoms with Crippen LogP contribution in [0.25, 0.3) is 0 Å². The number of aromatic nitrogens is 1. The largest absolute Gasteiger partial charge is 0.468 e. The van der Waals surface area contributed by atoms with Crippen molar-refractivity contribution in [1.82, 2.24) is 4.57 Å². The Morgan fingerprint density at radius 3 is 3.00 bits per heavy atom. The van der Waals surface area contributed by atoms with E-state index in [1.165, 1.54) is 7.11 Å². The SMILES string of the molecule is COC(=O)Cn1ccccc1=S. The summed E-state index contributed by atoms with van der Waals surface area (Å²) in [5.74, 6) is -0.294. The highest BCUT2D eigenvalue weighted by molar-refractivity contribution is 7.71. The van der Waals surface area contributed by atoms with Crippen LogP contribution in [0, 0.1) is 4.64 Å². The zero-order valence-corrected chi connectivity index (χ0v) is 7.50. The van der Waals surface area contributed by atoms with E-state index in [4.69, 9.17) is 12.2 Å². The molecule has 0 fully saturated rings. The van der Waals surface area contributed by atoms with Gasteiger partial charge >= 0.3 is 5.97 Å². The molecule has 0 N–H and O–H groups in total. The summed E-state index contributed by atoms with van der Waals surface area (Å²) in [6.07, 6.45) is 1.75. The Hall–Kier alpha value is -1.16. The molecular weight excluding hydrogens is 174 g/mol. The van der Waals surface area contributed by atoms with E-state index < -0.39 is 0 Å². The third kappa shape index (κ3) is 2.17. The average Bonchev–Trinajstić information content (AvgIpc) is 2.09. The van der Waals surface area contributed by atoms with Crippen molar-refractivity contribution in [3.8, 4) is 0 Å². The summed E-state index contributed by atoms with van der Waals surface area (Å²) in [5.41, 5.74) is 0. The molecule has 0 radical (unpaired) electrons. The lowest BCUT2D eigenvalue weighted by Gasteiger charge is -2.03. The van der Waals surface area contributed by atoms with E-state index in [2.05, 4.69) is 4.74 Å². The lowest BCUT2D eigenvalue weighted by Crippen LogP contribution is -2.11. The van der Waals surface area contributed by atoms with Gasteiger partial charge in [0.2, 0.25) is 0 Å². The summed E-state index contributed by atoms with van der Waals surface area (Å²) in [4.78, 5) is 10.8. The van der Waals surface area contributed by atoms with Crippen molar-refractivity contribution in [1.29, 1.82) is 0 Å². The van der Waals surface area contributed by atoms with Gasteiger partial charge in [-0.1, -0.05) is 18.3 Å². The highest BCUT2D eigenvalue weighted by Gasteiger charge is 1.99. The number of carbonyl (C=O) groups is 1. The second-order valence-electron chi connectivity index (χ2n) is 2.24. The van der Waals surface area contributed by atoms with E-state index in [0.29, 0.717) is 4.64 Å². The van der Waals surface area contributed by atoms with Crippen molar-refractivity contribution < 1.29 is 9.53 Å². The highest BCUT2D eigenvalue weighted by atomic mass is 32.1. The maximum atomic E-state index is 10.8. The smallest absolute Gasteiger partial charge is 0.325 e. The van der Waals surface area contributed by atoms with Crippen LogP contribution in [0.1, 0.15) is 0 Å². The first-order chi connectivity index (χ1) is 5.74. The molecule has 0 atom stereocenters. The van der Waals surface area contributed by atoms with Crippen LogP contribution < -0.4 is 0 Å². The van der Waals surface area contributed by atoms with Crippen LogP contribution in [0.2, 0.25) is 0 Å². The van der Waals surface area contributed by atoms with Crippen molar-refractivity contribution in [3.05, 3.63) is 29.0 Å². The first-order valence-corrected chi connectivity index (χ1v) is 3.87. The van der Waals surface area contributed by atoms with Gasteiger partial charge in [0.05, 0.1) is 7.11 Å². The maximum absolute atomic E-state index is 10.8. The summed E-state index contributed by atoms with van der Waals surface area (Å²) in [6.45, 7) is 0.177. The number of ether oxygens (including phenoxy) is 1. The molecule has 12 heavy (non-hydrogen) atoms. The second-order valence-corrected chi connectivity index (χ2v) is 2.66. The fourth-order valence-corrected chi connectivity index (χ4v) is 0.999. The molecule has 4 heteroatoms. The predicted octanol–water partition coefficient (Wildman–Crippen LogP) is 1.39. The van der Waals surface area contributed by atoms with Gasteiger partial charge in [0, 0.05) is 6.20 Å². The molecule has 1 aromatic rings. The number of carbonyl (C=O) groups excluding carboxylic acids is 1. The molecule has 0 aliphatic rings. The Bertz CT molecular complexity index is 332. The molecule has 0 saturated carbocycles. The first-order valence-electron chi connectivity index (χ1n) is 3.46. The van der Waals surface area contributed by atoms with Crippen molar-refractivity contribution in [2.45, 2.75) is 6.54 Å². The highest BCUT2D eigenvalue weighted by Crippen LogP contribution is 1.93. The molecule has 0 aliphatic heterocycles. The van der Waals surface area contributed by atoms with Crippen molar-refractivity contribution in [2.75, 3.05) is 7.11 Å². The summed E-state index contributed by atoms with van der Waals surface area (Å²) < 4.78 is 6.78. The van der Waals surface area contributed by atoms with E-state index in [0.717, 1.165) is 0 Å². The molecular formula is C8H9NO2S. The molecule has 1 heterocycles. The van der Waals surface area contributed by atoms with Crippen molar-refractivity contribution in [2.24, 2.45) is 0 Å². The Morgan fingerprint density at radius 2 is 2.42 bits per heavy atom. The van der Waals surface area contributed by atoms with E-state index in [1.54, 1.807) is 16.8 Å². The summed E-state index contributed by atoms with van der Waals surface area (Å²) in [7, 11) is 1.36. The number of esters is 1. The van der Waals surface area contributed by atoms with Crippen molar-refractivity contribution in [3.63, 3.8) is 0 Å². The minimum absolute atomic E-state index is 0.177. The number of rotatable bonds is 2. The van der Waals surface area contributed by atoms with E-state index in [1.807, 2.05) is 12.1 Å². The first kappa shape index (κ1) is 8.93. The molecule has 1 aromatic heterocycles. The van der Waals surface area contributed by atoms with Crippen LogP contribution in [0.15, 0.2) is 24.4 Å². The van der Waals surface area contributed by atoms with Gasteiger partial charge in [-0.15, -0.1) is 0 Å². The molecule has 0 aliphatic carbocycles. The Labute approximate surface area is 75.6 Å². The molecule has 0 spiro atoms. The van der Waals surface area contributed by atoms with Crippen LogP contribution in [0.5, 0.6) is 0 Å². The minimum atomic E-state index is -0.294. The zero-order chi connectivity index (χ0) is 8.97. The molecule has 3 nitrogen and oxygen atoms in total. The quantitative estimate of drug-likeness (QED) is 0.513. The normalized spacial score (nSPS) is 9.42. The number of pyridine rings is 1. The molecule has 0 aromatic carbocycles. The molecule has 1 rings (SSSR count). The van der Waals surface area contributed by atoms with Crippen molar-refractivity contribution >= 4 is 18.2 Å². The second kappa shape index (κ2) is 4.01. The Morgan fingerprint density at radius 1 is 1.67 bits per heavy atom. The Kier molecular flexibility index (Phi) is 2.99. The van der Waals surface area contributed by atoms with Gasteiger partial charge in [-0.2, -0.15) is 0 Å². The number of hydrogen-bond donors (Lipinski definition) is 0. The minimum Gasteiger partial charge on any atom is -0.468 e. The van der Waals surface area contributed by atoms with Crippen LogP contribution in [0.3, 0.4) is 0 Å². The third-order valence-electron chi connectivity index (χ3n) is 1.43. The van der Waals surface area contributed by atoms with E-state index >= 15 is 0 Å². The van der Waals surface area contributed by atoms with Crippen LogP contribution in [-0.4, -0.2) is 17.6 Å². The number of nitrogens with zero attached hydrogens (tertiary/aromatic N) is 1. The van der Waals surface area contributed by atoms with Gasteiger partial charge in [0.15, 0.2) is 0 Å². The summed E-state index contributed by atoms with van der Waals surface area (Å²) in [6, 6.07) is 5.41. The standard InChI is InChI=1S/C8H9NO2S/c1-11-8(10)6-9-5-3-2-4-7(9)12/h2-5H,6H2,1H3. The average molecular weight is 183 g/mol. The fraction of sp³-hybridized carbons (Fsp3) is 0.250. The third-order valence-corrected chi connectivity index (χ3v) is 1.80. The van der Waals surface area contributed by atoms with E-state index in [9.17, 15) is 4.79 Å². The summed E-state index contributed by atoms with van der Waals surface area (Å²) >= 11 is 4.97. The van der Waals surface area contributed by atoms with Crippen LogP contribution in [0.4, 0.5) is 0 Å². The van der Waals surface area contributed by atoms with E-state index in [-0.39, 0.29) is 12.5 Å². The molecule has 0 unspecified atom stereocenters. The van der Waals surface area contributed by atoms with Gasteiger partial charge in [-0.05, 0) is 12.1 Å². The lowest BCUT2D eigenvalue weighted by molar-refractivity contribution is -0.141. The number of methoxy groups -OCH3 is 1. The molecule has 0 amide bonds. The number of hydrogen-bond acceptors (Lipinski definition) is 3. The Balaban J connectivity index is 2.83. The molecule has 0 saturated heterocycles. The fourth-order valence-electron chi connectivity index (χ4n) is 0.795. The lowest BCUT2D eigenvalue weighted by atomic mass is 10.5. The van der Waals surface area contributed by atoms with Gasteiger partial charge in [-0.25, -0.2) is 0 Å². The molecule has 0 bridgehead atoms. The van der Waals surface area contributed by atoms with Gasteiger partial charge in [0.25, 0.3) is 0 Å². The topological polar surface area (TPSA) is 31.2 Å². The zero-order valence-electron chi connectivity index (χ0n) is 6.69.